The average molecular weight is 729 g/mol. The molecule has 19 heteroatoms. The van der Waals surface area contributed by atoms with E-state index in [1.54, 1.807) is 0 Å². The van der Waals surface area contributed by atoms with Gasteiger partial charge in [0, 0.05) is 44.6 Å². The van der Waals surface area contributed by atoms with Crippen LogP contribution in [0.3, 0.4) is 0 Å². The van der Waals surface area contributed by atoms with Gasteiger partial charge in [-0.25, -0.2) is 4.68 Å². The van der Waals surface area contributed by atoms with Gasteiger partial charge >= 0.3 is 23.9 Å². The Kier molecular flexibility index (Phi) is 20.3. The molecule has 1 aromatic heterocycles. The minimum atomic E-state index is -0.844. The van der Waals surface area contributed by atoms with Crippen molar-refractivity contribution >= 4 is 52.8 Å². The number of carbonyl (C=O) groups excluding carboxylic acids is 5. The summed E-state index contributed by atoms with van der Waals surface area (Å²) < 4.78 is 37.3. The lowest BCUT2D eigenvalue weighted by molar-refractivity contribution is -0.165. The molecule has 278 valence electrons. The predicted octanol–water partition coefficient (Wildman–Crippen LogP) is 1.32. The number of nitrogen functional groups attached to an aromatic ring is 1. The summed E-state index contributed by atoms with van der Waals surface area (Å²) in [6.45, 7) is 2.06. The van der Waals surface area contributed by atoms with E-state index in [2.05, 4.69) is 25.1 Å². The van der Waals surface area contributed by atoms with E-state index >= 15 is 0 Å². The van der Waals surface area contributed by atoms with Gasteiger partial charge in [0.2, 0.25) is 19.5 Å². The zero-order valence-electron chi connectivity index (χ0n) is 28.3. The van der Waals surface area contributed by atoms with Crippen LogP contribution in [0.5, 0.6) is 5.75 Å². The fourth-order valence-electron chi connectivity index (χ4n) is 3.97. The predicted molar refractivity (Wildman–Crippen MR) is 177 cm³/mol. The number of hydrogen-bond donors (Lipinski definition) is 2. The number of anilines is 2. The highest BCUT2D eigenvalue weighted by Crippen LogP contribution is 2.31. The third-order valence-corrected chi connectivity index (χ3v) is 6.58. The van der Waals surface area contributed by atoms with Gasteiger partial charge in [-0.15, -0.1) is 16.7 Å². The maximum atomic E-state index is 12.5. The number of aromatic nitrogens is 3. The second-order valence-electron chi connectivity index (χ2n) is 10.5. The molecule has 0 unspecified atom stereocenters. The lowest BCUT2D eigenvalue weighted by Crippen LogP contribution is -2.37. The quantitative estimate of drug-likeness (QED) is 0.0458. The normalized spacial score (nSPS) is 10.6. The number of benzene rings is 1. The van der Waals surface area contributed by atoms with E-state index in [-0.39, 0.29) is 30.5 Å². The van der Waals surface area contributed by atoms with Crippen LogP contribution in [0.1, 0.15) is 45.2 Å². The second kappa shape index (κ2) is 24.5. The van der Waals surface area contributed by atoms with Gasteiger partial charge in [-0.05, 0) is 25.0 Å². The molecule has 0 aliphatic heterocycles. The van der Waals surface area contributed by atoms with E-state index in [9.17, 15) is 24.0 Å². The molecule has 0 spiro atoms. The second-order valence-corrected chi connectivity index (χ2v) is 10.9. The van der Waals surface area contributed by atoms with Gasteiger partial charge < -0.3 is 49.1 Å². The van der Waals surface area contributed by atoms with Crippen LogP contribution < -0.4 is 20.7 Å². The topological polar surface area (TPSA) is 222 Å². The van der Waals surface area contributed by atoms with Crippen LogP contribution in [0.25, 0.3) is 0 Å². The highest BCUT2D eigenvalue weighted by Gasteiger charge is 2.22. The summed E-state index contributed by atoms with van der Waals surface area (Å²) in [4.78, 5) is 60.7. The van der Waals surface area contributed by atoms with Crippen molar-refractivity contribution in [2.24, 2.45) is 0 Å². The van der Waals surface area contributed by atoms with Crippen molar-refractivity contribution in [2.45, 2.75) is 52.7 Å². The van der Waals surface area contributed by atoms with Gasteiger partial charge in [-0.2, -0.15) is 0 Å². The summed E-state index contributed by atoms with van der Waals surface area (Å²) in [7, 11) is 0. The number of alkyl halides is 1. The van der Waals surface area contributed by atoms with Crippen LogP contribution >= 0.6 is 11.6 Å². The van der Waals surface area contributed by atoms with Crippen molar-refractivity contribution in [1.82, 2.24) is 20.3 Å². The first-order chi connectivity index (χ1) is 24.1. The average Bonchev–Trinajstić information content (AvgIpc) is 3.50. The Morgan fingerprint density at radius 3 is 2.14 bits per heavy atom. The minimum absolute atomic E-state index is 0.0952. The first kappa shape index (κ1) is 41.5. The Hall–Kier alpha value is -4.68. The number of nitrogens with one attached hydrogen (secondary N) is 1. The number of halogens is 1. The third-order valence-electron chi connectivity index (χ3n) is 6.31. The monoisotopic (exact) mass is 728 g/mol. The number of nitrogens with two attached hydrogens (primary N) is 1. The highest BCUT2D eigenvalue weighted by atomic mass is 35.5. The molecule has 0 bridgehead atoms. The number of amides is 1. The van der Waals surface area contributed by atoms with Crippen molar-refractivity contribution in [3.63, 3.8) is 0 Å². The van der Waals surface area contributed by atoms with Crippen LogP contribution in [-0.4, -0.2) is 110 Å². The number of rotatable bonds is 26. The molecular formula is C31H45ClN6O12. The standard InChI is InChI=1S/C31H45ClN6O12/c1-23(39)47-21-49-30(42)18-37(19-31(43)50-22-48-24(2)40)27-8-7-25(33)15-28(27)46-20-26-16-38(36-35-26)17-29(41)34-10-12-45-14-13-44-11-6-4-3-5-9-32/h7-8,15-16H,3-6,9-14,17-22,33H2,1-2H3,(H,34,41). The van der Waals surface area contributed by atoms with E-state index in [0.29, 0.717) is 50.2 Å². The molecule has 1 aromatic carbocycles. The van der Waals surface area contributed by atoms with Crippen LogP contribution in [0.15, 0.2) is 24.4 Å². The van der Waals surface area contributed by atoms with Crippen LogP contribution in [0.2, 0.25) is 0 Å². The summed E-state index contributed by atoms with van der Waals surface area (Å²) in [6, 6.07) is 4.49. The molecule has 0 fully saturated rings. The number of esters is 4. The fraction of sp³-hybridized carbons (Fsp3) is 0.581. The summed E-state index contributed by atoms with van der Waals surface area (Å²) in [6.07, 6.45) is 5.71. The molecule has 50 heavy (non-hydrogen) atoms. The van der Waals surface area contributed by atoms with E-state index < -0.39 is 50.6 Å². The van der Waals surface area contributed by atoms with Gasteiger partial charge in [0.15, 0.2) is 0 Å². The summed E-state index contributed by atoms with van der Waals surface area (Å²) >= 11 is 5.66. The van der Waals surface area contributed by atoms with Gasteiger partial charge in [0.05, 0.1) is 31.7 Å². The van der Waals surface area contributed by atoms with E-state index in [0.717, 1.165) is 39.5 Å². The molecule has 0 saturated carbocycles. The van der Waals surface area contributed by atoms with Crippen molar-refractivity contribution in [1.29, 1.82) is 0 Å². The van der Waals surface area contributed by atoms with Gasteiger partial charge in [0.25, 0.3) is 0 Å². The van der Waals surface area contributed by atoms with Crippen LogP contribution in [0, 0.1) is 0 Å². The summed E-state index contributed by atoms with van der Waals surface area (Å²) in [5.74, 6) is -2.45. The Balaban J connectivity index is 1.89. The van der Waals surface area contributed by atoms with Crippen molar-refractivity contribution in [3.8, 4) is 5.75 Å². The van der Waals surface area contributed by atoms with Crippen molar-refractivity contribution in [3.05, 3.63) is 30.1 Å². The molecule has 0 aliphatic carbocycles. The largest absolute Gasteiger partial charge is 0.485 e. The van der Waals surface area contributed by atoms with Crippen molar-refractivity contribution in [2.75, 3.05) is 76.2 Å². The highest BCUT2D eigenvalue weighted by molar-refractivity contribution is 6.17. The maximum Gasteiger partial charge on any atom is 0.328 e. The lowest BCUT2D eigenvalue weighted by Gasteiger charge is -2.25. The molecule has 2 aromatic rings. The molecule has 0 radical (unpaired) electrons. The Morgan fingerprint density at radius 1 is 0.860 bits per heavy atom. The van der Waals surface area contributed by atoms with Crippen molar-refractivity contribution < 1.29 is 57.1 Å². The van der Waals surface area contributed by atoms with Crippen LogP contribution in [0.4, 0.5) is 11.4 Å². The smallest absolute Gasteiger partial charge is 0.328 e. The Labute approximate surface area is 294 Å². The van der Waals surface area contributed by atoms with Gasteiger partial charge in [-0.1, -0.05) is 18.1 Å². The SMILES string of the molecule is CC(=O)OCOC(=O)CN(CC(=O)OCOC(C)=O)c1ccc(N)cc1OCc1cn(CC(=O)NCCOCCOCCCCCCCl)nn1. The third kappa shape index (κ3) is 18.8. The van der Waals surface area contributed by atoms with Gasteiger partial charge in [0.1, 0.15) is 37.7 Å². The molecule has 2 rings (SSSR count). The number of nitrogens with zero attached hydrogens (tertiary/aromatic N) is 4. The van der Waals surface area contributed by atoms with E-state index in [1.807, 2.05) is 0 Å². The molecule has 0 atom stereocenters. The molecular weight excluding hydrogens is 684 g/mol. The molecule has 1 heterocycles. The molecule has 0 aliphatic rings. The molecule has 3 N–H and O–H groups in total. The number of ether oxygens (including phenoxy) is 7. The summed E-state index contributed by atoms with van der Waals surface area (Å²) in [5, 5.41) is 10.7. The van der Waals surface area contributed by atoms with E-state index in [4.69, 9.17) is 41.0 Å². The van der Waals surface area contributed by atoms with E-state index in [1.165, 1.54) is 34.0 Å². The Morgan fingerprint density at radius 2 is 1.50 bits per heavy atom. The number of unbranched alkanes of at least 4 members (excludes halogenated alkanes) is 3. The lowest BCUT2D eigenvalue weighted by atomic mass is 10.2. The Bertz CT molecular complexity index is 1330. The zero-order valence-corrected chi connectivity index (χ0v) is 29.0. The zero-order chi connectivity index (χ0) is 36.6. The first-order valence-corrected chi connectivity index (χ1v) is 16.3. The maximum absolute atomic E-state index is 12.5. The number of hydrogen-bond acceptors (Lipinski definition) is 16. The van der Waals surface area contributed by atoms with Crippen LogP contribution in [-0.2, 0) is 65.5 Å². The minimum Gasteiger partial charge on any atom is -0.485 e. The fourth-order valence-corrected chi connectivity index (χ4v) is 4.16. The van der Waals surface area contributed by atoms with Gasteiger partial charge in [-0.3, -0.25) is 24.0 Å². The molecule has 1 amide bonds. The first-order valence-electron chi connectivity index (χ1n) is 15.8. The summed E-state index contributed by atoms with van der Waals surface area (Å²) in [5.41, 5.74) is 6.89. The number of carbonyl (C=O) groups is 5. The molecule has 18 nitrogen and oxygen atoms in total. The molecule has 0 saturated heterocycles.